The lowest BCUT2D eigenvalue weighted by atomic mass is 10.1. The van der Waals surface area contributed by atoms with Gasteiger partial charge >= 0.3 is 0 Å². The molecule has 1 heterocycles. The minimum atomic E-state index is -0.223. The summed E-state index contributed by atoms with van der Waals surface area (Å²) in [7, 11) is 0. The van der Waals surface area contributed by atoms with Crippen molar-refractivity contribution in [1.29, 1.82) is 0 Å². The third-order valence-corrected chi connectivity index (χ3v) is 3.96. The van der Waals surface area contributed by atoms with Crippen molar-refractivity contribution in [2.45, 2.75) is 6.92 Å². The summed E-state index contributed by atoms with van der Waals surface area (Å²) in [6.07, 6.45) is 0. The number of nitrogens with zero attached hydrogens (tertiary/aromatic N) is 1. The summed E-state index contributed by atoms with van der Waals surface area (Å²) < 4.78 is 6.33. The number of anilines is 1. The molecular weight excluding hydrogens is 391 g/mol. The lowest BCUT2D eigenvalue weighted by Gasteiger charge is -2.06. The number of aromatic nitrogens is 1. The number of rotatable bonds is 3. The molecule has 4 nitrogen and oxygen atoms in total. The van der Waals surface area contributed by atoms with E-state index in [1.807, 2.05) is 54.6 Å². The van der Waals surface area contributed by atoms with E-state index < -0.39 is 0 Å². The first kappa shape index (κ1) is 14.8. The van der Waals surface area contributed by atoms with Crippen LogP contribution in [0.15, 0.2) is 59.1 Å². The van der Waals surface area contributed by atoms with Crippen LogP contribution in [0.5, 0.6) is 0 Å². The Labute approximate surface area is 141 Å². The van der Waals surface area contributed by atoms with Crippen LogP contribution in [-0.4, -0.2) is 11.1 Å². The van der Waals surface area contributed by atoms with Crippen molar-refractivity contribution < 1.29 is 9.32 Å². The summed E-state index contributed by atoms with van der Waals surface area (Å²) in [4.78, 5) is 12.6. The zero-order valence-electron chi connectivity index (χ0n) is 11.8. The van der Waals surface area contributed by atoms with Crippen LogP contribution in [0.1, 0.15) is 16.1 Å². The van der Waals surface area contributed by atoms with Crippen molar-refractivity contribution in [2.75, 3.05) is 5.32 Å². The first-order chi connectivity index (χ1) is 10.6. The number of carbonyl (C=O) groups excluding carboxylic acids is 1. The van der Waals surface area contributed by atoms with Crippen molar-refractivity contribution in [3.8, 4) is 11.3 Å². The van der Waals surface area contributed by atoms with Gasteiger partial charge in [0, 0.05) is 14.8 Å². The number of hydrogen-bond donors (Lipinski definition) is 1. The van der Waals surface area contributed by atoms with Crippen molar-refractivity contribution in [2.24, 2.45) is 0 Å². The van der Waals surface area contributed by atoms with Gasteiger partial charge in [-0.05, 0) is 53.8 Å². The van der Waals surface area contributed by atoms with Crippen LogP contribution in [0.4, 0.5) is 5.69 Å². The Morgan fingerprint density at radius 1 is 1.09 bits per heavy atom. The molecule has 0 aliphatic rings. The molecule has 3 aromatic rings. The van der Waals surface area contributed by atoms with Gasteiger partial charge in [-0.15, -0.1) is 0 Å². The average Bonchev–Trinajstić information content (AvgIpc) is 2.92. The minimum Gasteiger partial charge on any atom is -0.360 e. The second kappa shape index (κ2) is 6.31. The first-order valence-electron chi connectivity index (χ1n) is 6.74. The molecule has 110 valence electrons. The van der Waals surface area contributed by atoms with Crippen LogP contribution in [0, 0.1) is 10.5 Å². The van der Waals surface area contributed by atoms with Gasteiger partial charge in [-0.1, -0.05) is 35.5 Å². The maximum absolute atomic E-state index is 12.6. The predicted molar refractivity (Wildman–Crippen MR) is 93.8 cm³/mol. The summed E-state index contributed by atoms with van der Waals surface area (Å²) in [5.74, 6) is 0.278. The fourth-order valence-corrected chi connectivity index (χ4v) is 2.52. The Balaban J connectivity index is 1.93. The van der Waals surface area contributed by atoms with Crippen molar-refractivity contribution >= 4 is 34.2 Å². The standard InChI is InChI=1S/C17H13IN2O2/c1-11-15(16(20-22-11)12-5-3-2-4-6-12)17(21)19-14-9-7-13(18)8-10-14/h2-10H,1H3,(H,19,21). The van der Waals surface area contributed by atoms with Crippen LogP contribution < -0.4 is 5.32 Å². The summed E-state index contributed by atoms with van der Waals surface area (Å²) in [6.45, 7) is 1.74. The summed E-state index contributed by atoms with van der Waals surface area (Å²) >= 11 is 2.22. The maximum atomic E-state index is 12.6. The average molecular weight is 404 g/mol. The van der Waals surface area contributed by atoms with Gasteiger partial charge in [-0.3, -0.25) is 4.79 Å². The van der Waals surface area contributed by atoms with Gasteiger partial charge in [-0.25, -0.2) is 0 Å². The molecule has 0 saturated carbocycles. The van der Waals surface area contributed by atoms with E-state index in [0.29, 0.717) is 17.0 Å². The Kier molecular flexibility index (Phi) is 4.24. The van der Waals surface area contributed by atoms with E-state index in [1.54, 1.807) is 6.92 Å². The zero-order chi connectivity index (χ0) is 15.5. The molecule has 0 aliphatic heterocycles. The number of benzene rings is 2. The molecule has 0 atom stereocenters. The Bertz CT molecular complexity index is 795. The quantitative estimate of drug-likeness (QED) is 0.654. The van der Waals surface area contributed by atoms with E-state index in [0.717, 1.165) is 14.8 Å². The summed E-state index contributed by atoms with van der Waals surface area (Å²) in [6, 6.07) is 17.1. The number of amides is 1. The van der Waals surface area contributed by atoms with Gasteiger partial charge in [0.1, 0.15) is 17.0 Å². The second-order valence-electron chi connectivity index (χ2n) is 4.79. The number of nitrogens with one attached hydrogen (secondary N) is 1. The van der Waals surface area contributed by atoms with Crippen LogP contribution >= 0.6 is 22.6 Å². The lowest BCUT2D eigenvalue weighted by Crippen LogP contribution is -2.13. The maximum Gasteiger partial charge on any atom is 0.261 e. The number of halogens is 1. The highest BCUT2D eigenvalue weighted by atomic mass is 127. The van der Waals surface area contributed by atoms with E-state index in [1.165, 1.54) is 0 Å². The van der Waals surface area contributed by atoms with E-state index in [-0.39, 0.29) is 5.91 Å². The number of aryl methyl sites for hydroxylation is 1. The third-order valence-electron chi connectivity index (χ3n) is 3.24. The molecule has 1 aromatic heterocycles. The second-order valence-corrected chi connectivity index (χ2v) is 6.04. The molecule has 1 N–H and O–H groups in total. The monoisotopic (exact) mass is 404 g/mol. The highest BCUT2D eigenvalue weighted by Gasteiger charge is 2.21. The highest BCUT2D eigenvalue weighted by molar-refractivity contribution is 14.1. The number of hydrogen-bond acceptors (Lipinski definition) is 3. The topological polar surface area (TPSA) is 55.1 Å². The van der Waals surface area contributed by atoms with Gasteiger partial charge < -0.3 is 9.84 Å². The van der Waals surface area contributed by atoms with E-state index >= 15 is 0 Å². The largest absolute Gasteiger partial charge is 0.360 e. The van der Waals surface area contributed by atoms with Crippen molar-refractivity contribution in [3.05, 3.63) is 69.5 Å². The fourth-order valence-electron chi connectivity index (χ4n) is 2.16. The van der Waals surface area contributed by atoms with Gasteiger partial charge in [0.25, 0.3) is 5.91 Å². The van der Waals surface area contributed by atoms with Gasteiger partial charge in [0.2, 0.25) is 0 Å². The predicted octanol–water partition coefficient (Wildman–Crippen LogP) is 4.51. The van der Waals surface area contributed by atoms with Gasteiger partial charge in [0.15, 0.2) is 0 Å². The molecule has 0 saturated heterocycles. The van der Waals surface area contributed by atoms with Crippen LogP contribution in [0.3, 0.4) is 0 Å². The molecule has 3 rings (SSSR count). The minimum absolute atomic E-state index is 0.223. The van der Waals surface area contributed by atoms with Crippen LogP contribution in [0.25, 0.3) is 11.3 Å². The highest BCUT2D eigenvalue weighted by Crippen LogP contribution is 2.26. The summed E-state index contributed by atoms with van der Waals surface area (Å²) in [5.41, 5.74) is 2.61. The lowest BCUT2D eigenvalue weighted by molar-refractivity contribution is 0.102. The molecule has 0 fully saturated rings. The molecule has 5 heteroatoms. The molecule has 0 aliphatic carbocycles. The smallest absolute Gasteiger partial charge is 0.261 e. The van der Waals surface area contributed by atoms with Crippen molar-refractivity contribution in [1.82, 2.24) is 5.16 Å². The van der Waals surface area contributed by atoms with Gasteiger partial charge in [-0.2, -0.15) is 0 Å². The first-order valence-corrected chi connectivity index (χ1v) is 7.81. The Hall–Kier alpha value is -2.15. The third kappa shape index (κ3) is 3.04. The van der Waals surface area contributed by atoms with E-state index in [9.17, 15) is 4.79 Å². The molecule has 22 heavy (non-hydrogen) atoms. The molecule has 0 radical (unpaired) electrons. The normalized spacial score (nSPS) is 10.5. The molecule has 0 unspecified atom stereocenters. The molecule has 0 bridgehead atoms. The molecule has 2 aromatic carbocycles. The zero-order valence-corrected chi connectivity index (χ0v) is 14.0. The van der Waals surface area contributed by atoms with Gasteiger partial charge in [0.05, 0.1) is 0 Å². The number of carbonyl (C=O) groups is 1. The fraction of sp³-hybridized carbons (Fsp3) is 0.0588. The molecular formula is C17H13IN2O2. The van der Waals surface area contributed by atoms with E-state index in [2.05, 4.69) is 33.1 Å². The molecule has 1 amide bonds. The SMILES string of the molecule is Cc1onc(-c2ccccc2)c1C(=O)Nc1ccc(I)cc1. The summed E-state index contributed by atoms with van der Waals surface area (Å²) in [5, 5.41) is 6.91. The van der Waals surface area contributed by atoms with E-state index in [4.69, 9.17) is 4.52 Å². The van der Waals surface area contributed by atoms with Crippen LogP contribution in [0.2, 0.25) is 0 Å². The van der Waals surface area contributed by atoms with Crippen molar-refractivity contribution in [3.63, 3.8) is 0 Å². The Morgan fingerprint density at radius 3 is 2.45 bits per heavy atom. The Morgan fingerprint density at radius 2 is 1.77 bits per heavy atom. The van der Waals surface area contributed by atoms with Crippen LogP contribution in [-0.2, 0) is 0 Å². The molecule has 0 spiro atoms.